The molecule has 0 aromatic heterocycles. The fourth-order valence-corrected chi connectivity index (χ4v) is 3.64. The molecule has 2 aliphatic heterocycles. The fraction of sp³-hybridized carbons (Fsp3) is 0.353. The maximum atomic E-state index is 11.6. The van der Waals surface area contributed by atoms with Gasteiger partial charge in [-0.25, -0.2) is 0 Å². The number of ketones is 1. The van der Waals surface area contributed by atoms with Crippen molar-refractivity contribution in [1.82, 2.24) is 4.90 Å². The predicted octanol–water partition coefficient (Wildman–Crippen LogP) is 3.41. The molecule has 0 radical (unpaired) electrons. The summed E-state index contributed by atoms with van der Waals surface area (Å²) in [4.78, 5) is 13.9. The molecule has 4 rings (SSSR count). The van der Waals surface area contributed by atoms with Gasteiger partial charge in [-0.3, -0.25) is 4.79 Å². The van der Waals surface area contributed by atoms with E-state index in [1.54, 1.807) is 0 Å². The van der Waals surface area contributed by atoms with Gasteiger partial charge >= 0.3 is 0 Å². The number of nitrogens with zero attached hydrogens (tertiary/aromatic N) is 1. The Kier molecular flexibility index (Phi) is 2.37. The summed E-state index contributed by atoms with van der Waals surface area (Å²) in [5, 5.41) is 0. The quantitative estimate of drug-likeness (QED) is 0.657. The summed E-state index contributed by atoms with van der Waals surface area (Å²) < 4.78 is 0. The van der Waals surface area contributed by atoms with E-state index in [4.69, 9.17) is 0 Å². The van der Waals surface area contributed by atoms with Crippen molar-refractivity contribution in [3.05, 3.63) is 58.5 Å². The van der Waals surface area contributed by atoms with Crippen LogP contribution in [0.4, 0.5) is 0 Å². The largest absolute Gasteiger partial charge is 0.344 e. The van der Waals surface area contributed by atoms with Crippen LogP contribution in [0.5, 0.6) is 0 Å². The molecule has 0 fully saturated rings. The van der Waals surface area contributed by atoms with Crippen LogP contribution in [0, 0.1) is 0 Å². The zero-order valence-electron chi connectivity index (χ0n) is 11.0. The van der Waals surface area contributed by atoms with Gasteiger partial charge in [0.05, 0.1) is 0 Å². The summed E-state index contributed by atoms with van der Waals surface area (Å²) in [6.07, 6.45) is 15.5. The van der Waals surface area contributed by atoms with Gasteiger partial charge in [-0.2, -0.15) is 0 Å². The minimum atomic E-state index is 0.424. The second kappa shape index (κ2) is 4.09. The minimum absolute atomic E-state index is 0.424. The van der Waals surface area contributed by atoms with Crippen molar-refractivity contribution in [2.45, 2.75) is 32.1 Å². The van der Waals surface area contributed by atoms with Crippen LogP contribution in [0.15, 0.2) is 58.5 Å². The van der Waals surface area contributed by atoms with Crippen LogP contribution in [0.25, 0.3) is 0 Å². The molecule has 0 N–H and O–H groups in total. The average Bonchev–Trinajstić information content (AvgIpc) is 2.46. The summed E-state index contributed by atoms with van der Waals surface area (Å²) in [5.74, 6) is 0.424. The Morgan fingerprint density at radius 1 is 1.00 bits per heavy atom. The van der Waals surface area contributed by atoms with Crippen LogP contribution < -0.4 is 0 Å². The minimum Gasteiger partial charge on any atom is -0.344 e. The molecule has 2 nitrogen and oxygen atoms in total. The number of hydrogen-bond donors (Lipinski definition) is 0. The number of Topliss-reactive ketones (excluding diaryl/α,β-unsaturated/α-hetero) is 1. The molecule has 0 spiro atoms. The van der Waals surface area contributed by atoms with Gasteiger partial charge in [-0.1, -0.05) is 17.7 Å². The molecule has 2 aliphatic carbocycles. The van der Waals surface area contributed by atoms with Crippen LogP contribution in [0.3, 0.4) is 0 Å². The number of fused-ring (bicyclic) bond motifs is 3. The summed E-state index contributed by atoms with van der Waals surface area (Å²) in [5.41, 5.74) is 7.19. The average molecular weight is 251 g/mol. The molecule has 0 aromatic carbocycles. The standard InChI is InChI=1S/C17H17NO/c19-13-5-7-14-12(11-13)4-6-16-15(14)8-10-18-9-2-1-3-17(16)18/h1-3,8-9H,4-7,10-11H2. The lowest BCUT2D eigenvalue weighted by Crippen LogP contribution is -2.26. The van der Waals surface area contributed by atoms with Crippen LogP contribution in [-0.4, -0.2) is 17.2 Å². The van der Waals surface area contributed by atoms with Gasteiger partial charge in [-0.15, -0.1) is 0 Å². The van der Waals surface area contributed by atoms with E-state index in [-0.39, 0.29) is 0 Å². The van der Waals surface area contributed by atoms with Crippen molar-refractivity contribution in [3.8, 4) is 0 Å². The molecule has 4 aliphatic rings. The first-order valence-electron chi connectivity index (χ1n) is 7.11. The van der Waals surface area contributed by atoms with E-state index in [0.717, 1.165) is 32.2 Å². The number of carbonyl (C=O) groups is 1. The van der Waals surface area contributed by atoms with Crippen molar-refractivity contribution >= 4 is 5.78 Å². The molecular formula is C17H17NO. The monoisotopic (exact) mass is 251 g/mol. The number of carbonyl (C=O) groups excluding carboxylic acids is 1. The van der Waals surface area contributed by atoms with Crippen molar-refractivity contribution in [2.24, 2.45) is 0 Å². The molecule has 0 atom stereocenters. The molecule has 2 heteroatoms. The second-order valence-corrected chi connectivity index (χ2v) is 5.63. The Morgan fingerprint density at radius 2 is 1.89 bits per heavy atom. The predicted molar refractivity (Wildman–Crippen MR) is 75.2 cm³/mol. The van der Waals surface area contributed by atoms with Crippen molar-refractivity contribution < 1.29 is 4.79 Å². The highest BCUT2D eigenvalue weighted by Gasteiger charge is 2.30. The summed E-state index contributed by atoms with van der Waals surface area (Å²) >= 11 is 0. The SMILES string of the molecule is O=C1CCC2=C(CCC3=C4C=CC=CN4CC=C23)C1. The molecule has 0 bridgehead atoms. The first kappa shape index (κ1) is 11.0. The molecule has 0 unspecified atom stereocenters. The highest BCUT2D eigenvalue weighted by molar-refractivity contribution is 5.84. The van der Waals surface area contributed by atoms with Gasteiger partial charge < -0.3 is 4.90 Å². The van der Waals surface area contributed by atoms with Gasteiger partial charge in [0.2, 0.25) is 0 Å². The molecule has 0 saturated carbocycles. The maximum Gasteiger partial charge on any atom is 0.137 e. The maximum absolute atomic E-state index is 11.6. The van der Waals surface area contributed by atoms with E-state index in [2.05, 4.69) is 35.4 Å². The van der Waals surface area contributed by atoms with Crippen molar-refractivity contribution in [2.75, 3.05) is 6.54 Å². The summed E-state index contributed by atoms with van der Waals surface area (Å²) in [6, 6.07) is 0. The van der Waals surface area contributed by atoms with Gasteiger partial charge in [0, 0.05) is 31.3 Å². The van der Waals surface area contributed by atoms with Gasteiger partial charge in [0.15, 0.2) is 0 Å². The van der Waals surface area contributed by atoms with Crippen LogP contribution >= 0.6 is 0 Å². The first-order chi connectivity index (χ1) is 9.33. The number of rotatable bonds is 0. The zero-order chi connectivity index (χ0) is 12.8. The van der Waals surface area contributed by atoms with Crippen LogP contribution in [-0.2, 0) is 4.79 Å². The van der Waals surface area contributed by atoms with E-state index in [0.29, 0.717) is 12.2 Å². The molecule has 0 amide bonds. The summed E-state index contributed by atoms with van der Waals surface area (Å²) in [6.45, 7) is 0.958. The Labute approximate surface area is 113 Å². The highest BCUT2D eigenvalue weighted by Crippen LogP contribution is 2.44. The van der Waals surface area contributed by atoms with E-state index < -0.39 is 0 Å². The Hall–Kier alpha value is -1.83. The van der Waals surface area contributed by atoms with E-state index >= 15 is 0 Å². The van der Waals surface area contributed by atoms with Crippen molar-refractivity contribution in [1.29, 1.82) is 0 Å². The lowest BCUT2D eigenvalue weighted by atomic mass is 9.74. The summed E-state index contributed by atoms with van der Waals surface area (Å²) in [7, 11) is 0. The smallest absolute Gasteiger partial charge is 0.137 e. The Bertz CT molecular complexity index is 613. The van der Waals surface area contributed by atoms with E-state index in [9.17, 15) is 4.79 Å². The molecular weight excluding hydrogens is 234 g/mol. The lowest BCUT2D eigenvalue weighted by molar-refractivity contribution is -0.118. The molecule has 19 heavy (non-hydrogen) atoms. The Morgan fingerprint density at radius 3 is 2.84 bits per heavy atom. The van der Waals surface area contributed by atoms with Gasteiger partial charge in [0.1, 0.15) is 5.78 Å². The fourth-order valence-electron chi connectivity index (χ4n) is 3.64. The third-order valence-electron chi connectivity index (χ3n) is 4.56. The zero-order valence-corrected chi connectivity index (χ0v) is 11.0. The highest BCUT2D eigenvalue weighted by atomic mass is 16.1. The third kappa shape index (κ3) is 1.66. The number of allylic oxidation sites excluding steroid dienone is 7. The van der Waals surface area contributed by atoms with Gasteiger partial charge in [0.25, 0.3) is 0 Å². The molecule has 0 aromatic rings. The number of hydrogen-bond acceptors (Lipinski definition) is 2. The van der Waals surface area contributed by atoms with E-state index in [1.165, 1.54) is 28.0 Å². The normalized spacial score (nSPS) is 25.2. The Balaban J connectivity index is 1.80. The van der Waals surface area contributed by atoms with Crippen LogP contribution in [0.2, 0.25) is 0 Å². The molecule has 0 saturated heterocycles. The van der Waals surface area contributed by atoms with Crippen LogP contribution in [0.1, 0.15) is 32.1 Å². The van der Waals surface area contributed by atoms with Crippen molar-refractivity contribution in [3.63, 3.8) is 0 Å². The molecule has 2 heterocycles. The van der Waals surface area contributed by atoms with E-state index in [1.807, 2.05) is 0 Å². The topological polar surface area (TPSA) is 20.3 Å². The first-order valence-corrected chi connectivity index (χ1v) is 7.11. The molecule has 96 valence electrons. The third-order valence-corrected chi connectivity index (χ3v) is 4.56. The lowest BCUT2D eigenvalue weighted by Gasteiger charge is -2.36. The second-order valence-electron chi connectivity index (χ2n) is 5.63. The van der Waals surface area contributed by atoms with Gasteiger partial charge in [-0.05, 0) is 48.1 Å².